The molecule has 9 nitrogen and oxygen atoms in total. The second kappa shape index (κ2) is 12.9. The van der Waals surface area contributed by atoms with E-state index in [1.54, 1.807) is 34.6 Å². The molecular formula is C20H38N4O5. The van der Waals surface area contributed by atoms with Crippen molar-refractivity contribution in [2.75, 3.05) is 13.1 Å². The minimum absolute atomic E-state index is 0.0577. The first-order chi connectivity index (χ1) is 13.3. The van der Waals surface area contributed by atoms with Crippen molar-refractivity contribution in [3.05, 3.63) is 11.4 Å². The molecule has 0 fully saturated rings. The Morgan fingerprint density at radius 2 is 1.28 bits per heavy atom. The molecule has 0 aromatic heterocycles. The lowest BCUT2D eigenvalue weighted by atomic mass is 10.2. The van der Waals surface area contributed by atoms with Crippen molar-refractivity contribution in [3.8, 4) is 0 Å². The van der Waals surface area contributed by atoms with Gasteiger partial charge in [0.25, 0.3) is 5.91 Å². The lowest BCUT2D eigenvalue weighted by molar-refractivity contribution is -0.119. The molecule has 0 aromatic carbocycles. The van der Waals surface area contributed by atoms with Crippen LogP contribution in [0.3, 0.4) is 0 Å². The summed E-state index contributed by atoms with van der Waals surface area (Å²) in [7, 11) is 0. The molecule has 0 radical (unpaired) electrons. The summed E-state index contributed by atoms with van der Waals surface area (Å²) >= 11 is 0. The molecule has 0 aliphatic carbocycles. The van der Waals surface area contributed by atoms with Crippen LogP contribution in [0.4, 0.5) is 9.59 Å². The summed E-state index contributed by atoms with van der Waals surface area (Å²) in [6, 6.07) is 0. The molecule has 0 aromatic rings. The largest absolute Gasteiger partial charge is 0.446 e. The molecule has 3 amide bonds. The highest BCUT2D eigenvalue weighted by Gasteiger charge is 2.30. The Kier molecular flexibility index (Phi) is 11.8. The van der Waals surface area contributed by atoms with Crippen molar-refractivity contribution in [1.82, 2.24) is 21.1 Å². The van der Waals surface area contributed by atoms with Crippen molar-refractivity contribution in [2.45, 2.75) is 74.5 Å². The first kappa shape index (κ1) is 26.6. The monoisotopic (exact) mass is 414 g/mol. The number of ether oxygens (including phenoxy) is 2. The van der Waals surface area contributed by atoms with Crippen LogP contribution in [-0.2, 0) is 14.3 Å². The lowest BCUT2D eigenvalue weighted by Gasteiger charge is -2.27. The van der Waals surface area contributed by atoms with E-state index in [2.05, 4.69) is 16.1 Å². The van der Waals surface area contributed by atoms with Crippen LogP contribution in [0.15, 0.2) is 11.4 Å². The predicted octanol–water partition coefficient (Wildman–Crippen LogP) is 3.13. The predicted molar refractivity (Wildman–Crippen MR) is 112 cm³/mol. The van der Waals surface area contributed by atoms with Gasteiger partial charge in [-0.2, -0.15) is 5.01 Å². The molecule has 0 aliphatic rings. The minimum Gasteiger partial charge on any atom is -0.446 e. The normalized spacial score (nSPS) is 12.0. The average molecular weight is 415 g/mol. The van der Waals surface area contributed by atoms with Crippen LogP contribution in [0, 0.1) is 11.8 Å². The second-order valence-electron chi connectivity index (χ2n) is 8.19. The Morgan fingerprint density at radius 3 is 1.72 bits per heavy atom. The summed E-state index contributed by atoms with van der Waals surface area (Å²) in [5.41, 5.74) is 2.69. The molecule has 3 N–H and O–H groups in total. The van der Waals surface area contributed by atoms with Crippen LogP contribution in [-0.4, -0.2) is 48.4 Å². The number of hydrazine groups is 1. The Labute approximate surface area is 174 Å². The van der Waals surface area contributed by atoms with Crippen LogP contribution in [0.25, 0.3) is 0 Å². The summed E-state index contributed by atoms with van der Waals surface area (Å²) in [5.74, 6) is -0.00285. The van der Waals surface area contributed by atoms with Gasteiger partial charge in [0.1, 0.15) is 0 Å². The van der Waals surface area contributed by atoms with Crippen LogP contribution >= 0.6 is 0 Å². The van der Waals surface area contributed by atoms with E-state index < -0.39 is 30.3 Å². The van der Waals surface area contributed by atoms with Crippen LogP contribution in [0.2, 0.25) is 0 Å². The zero-order valence-corrected chi connectivity index (χ0v) is 19.2. The van der Waals surface area contributed by atoms with Gasteiger partial charge in [-0.15, -0.1) is 0 Å². The van der Waals surface area contributed by atoms with Crippen molar-refractivity contribution in [1.29, 1.82) is 0 Å². The van der Waals surface area contributed by atoms with Gasteiger partial charge >= 0.3 is 12.2 Å². The smallest absolute Gasteiger partial charge is 0.434 e. The number of nitrogens with zero attached hydrogens (tertiary/aromatic N) is 1. The van der Waals surface area contributed by atoms with Gasteiger partial charge in [0.15, 0.2) is 5.70 Å². The fraction of sp³-hybridized carbons (Fsp3) is 0.750. The number of carbonyl (C=O) groups excluding carboxylic acids is 3. The van der Waals surface area contributed by atoms with Gasteiger partial charge < -0.3 is 20.1 Å². The SMILES string of the molecule is C/C(NCC(C)C)=C(\C(=O)NCC(C)C)N(NC(=O)OC(C)C)C(=O)OC(C)C. The van der Waals surface area contributed by atoms with E-state index in [0.29, 0.717) is 24.7 Å². The number of rotatable bonds is 9. The Bertz CT molecular complexity index is 585. The van der Waals surface area contributed by atoms with E-state index in [4.69, 9.17) is 9.47 Å². The molecule has 0 aliphatic heterocycles. The van der Waals surface area contributed by atoms with E-state index in [-0.39, 0.29) is 11.6 Å². The van der Waals surface area contributed by atoms with Crippen LogP contribution < -0.4 is 16.1 Å². The van der Waals surface area contributed by atoms with Gasteiger partial charge in [0.2, 0.25) is 0 Å². The van der Waals surface area contributed by atoms with E-state index in [9.17, 15) is 14.4 Å². The van der Waals surface area contributed by atoms with Crippen LogP contribution in [0.5, 0.6) is 0 Å². The third-order valence-corrected chi connectivity index (χ3v) is 3.31. The Balaban J connectivity index is 5.99. The molecule has 0 atom stereocenters. The lowest BCUT2D eigenvalue weighted by Crippen LogP contribution is -2.51. The molecular weight excluding hydrogens is 376 g/mol. The molecule has 0 saturated heterocycles. The molecule has 0 unspecified atom stereocenters. The maximum absolute atomic E-state index is 12.9. The third kappa shape index (κ3) is 11.2. The number of allylic oxidation sites excluding steroid dienone is 1. The third-order valence-electron chi connectivity index (χ3n) is 3.31. The summed E-state index contributed by atoms with van der Waals surface area (Å²) in [5, 5.41) is 6.70. The number of amides is 3. The van der Waals surface area contributed by atoms with E-state index >= 15 is 0 Å². The number of hydrogen-bond acceptors (Lipinski definition) is 6. The fourth-order valence-electron chi connectivity index (χ4n) is 2.04. The molecule has 0 bridgehead atoms. The van der Waals surface area contributed by atoms with Gasteiger partial charge in [-0.1, -0.05) is 27.7 Å². The first-order valence-electron chi connectivity index (χ1n) is 10.1. The highest BCUT2D eigenvalue weighted by atomic mass is 16.6. The highest BCUT2D eigenvalue weighted by Crippen LogP contribution is 2.12. The van der Waals surface area contributed by atoms with Gasteiger partial charge in [-0.3, -0.25) is 4.79 Å². The zero-order valence-electron chi connectivity index (χ0n) is 19.2. The number of hydrogen-bond donors (Lipinski definition) is 3. The second-order valence-corrected chi connectivity index (χ2v) is 8.19. The number of nitrogens with one attached hydrogen (secondary N) is 3. The van der Waals surface area contributed by atoms with E-state index in [1.165, 1.54) is 0 Å². The topological polar surface area (TPSA) is 109 Å². The molecule has 0 rings (SSSR count). The Morgan fingerprint density at radius 1 is 0.793 bits per heavy atom. The Hall–Kier alpha value is -2.45. The van der Waals surface area contributed by atoms with Gasteiger partial charge in [-0.05, 0) is 46.5 Å². The summed E-state index contributed by atoms with van der Waals surface area (Å²) in [4.78, 5) is 37.8. The molecule has 29 heavy (non-hydrogen) atoms. The van der Waals surface area contributed by atoms with Crippen molar-refractivity contribution in [3.63, 3.8) is 0 Å². The van der Waals surface area contributed by atoms with Crippen molar-refractivity contribution >= 4 is 18.1 Å². The minimum atomic E-state index is -0.888. The van der Waals surface area contributed by atoms with Crippen LogP contribution in [0.1, 0.15) is 62.3 Å². The summed E-state index contributed by atoms with van der Waals surface area (Å²) in [6.45, 7) is 17.3. The van der Waals surface area contributed by atoms with E-state index in [1.807, 2.05) is 27.7 Å². The zero-order chi connectivity index (χ0) is 22.7. The molecule has 0 spiro atoms. The molecule has 168 valence electrons. The van der Waals surface area contributed by atoms with E-state index in [0.717, 1.165) is 5.01 Å². The summed E-state index contributed by atoms with van der Waals surface area (Å²) < 4.78 is 10.3. The maximum Gasteiger partial charge on any atom is 0.434 e. The first-order valence-corrected chi connectivity index (χ1v) is 10.1. The van der Waals surface area contributed by atoms with Gasteiger partial charge in [0.05, 0.1) is 12.2 Å². The highest BCUT2D eigenvalue weighted by molar-refractivity contribution is 5.97. The number of carbonyl (C=O) groups is 3. The fourth-order valence-corrected chi connectivity index (χ4v) is 2.04. The maximum atomic E-state index is 12.9. The van der Waals surface area contributed by atoms with Crippen molar-refractivity contribution < 1.29 is 23.9 Å². The quantitative estimate of drug-likeness (QED) is 0.395. The molecule has 0 saturated carbocycles. The van der Waals surface area contributed by atoms with Gasteiger partial charge in [-0.25, -0.2) is 15.0 Å². The van der Waals surface area contributed by atoms with Crippen molar-refractivity contribution in [2.24, 2.45) is 11.8 Å². The van der Waals surface area contributed by atoms with Gasteiger partial charge in [0, 0.05) is 18.8 Å². The molecule has 0 heterocycles. The standard InChI is InChI=1S/C20H38N4O5/c1-12(2)10-21-16(9)17(18(25)22-11-13(3)4)24(20(27)29-15(7)8)23-19(26)28-14(5)6/h12-15,21H,10-11H2,1-9H3,(H,22,25)(H,23,26)/b17-16-. The summed E-state index contributed by atoms with van der Waals surface area (Å²) in [6.07, 6.45) is -2.61. The average Bonchev–Trinajstić information content (AvgIpc) is 2.56. The molecule has 9 heteroatoms.